The van der Waals surface area contributed by atoms with Crippen LogP contribution >= 0.6 is 11.8 Å². The van der Waals surface area contributed by atoms with Gasteiger partial charge in [-0.2, -0.15) is 0 Å². The standard InChI is InChI=1S/C14H22O7S/c1-6-22-14-13(21-10(5)17)12(20-9(4)16)11(7(2)18-14)19-8(3)15/h7,11-14H,6H2,1-5H3/t7?,11-,12+,13?,14-/m1/s1. The molecule has 22 heavy (non-hydrogen) atoms. The predicted molar refractivity (Wildman–Crippen MR) is 79.1 cm³/mol. The minimum Gasteiger partial charge on any atom is -0.456 e. The molecule has 0 radical (unpaired) electrons. The Morgan fingerprint density at radius 2 is 1.36 bits per heavy atom. The monoisotopic (exact) mass is 334 g/mol. The molecule has 2 unspecified atom stereocenters. The van der Waals surface area contributed by atoms with Gasteiger partial charge in [-0.3, -0.25) is 14.4 Å². The van der Waals surface area contributed by atoms with Gasteiger partial charge >= 0.3 is 17.9 Å². The van der Waals surface area contributed by atoms with Crippen molar-refractivity contribution >= 4 is 29.7 Å². The highest BCUT2D eigenvalue weighted by Gasteiger charge is 2.50. The van der Waals surface area contributed by atoms with Crippen molar-refractivity contribution in [3.8, 4) is 0 Å². The van der Waals surface area contributed by atoms with Crippen LogP contribution in [0.15, 0.2) is 0 Å². The Bertz CT molecular complexity index is 425. The Morgan fingerprint density at radius 1 is 0.909 bits per heavy atom. The zero-order valence-corrected chi connectivity index (χ0v) is 14.2. The third-order valence-corrected chi connectivity index (χ3v) is 4.01. The van der Waals surface area contributed by atoms with Gasteiger partial charge in [0.1, 0.15) is 5.44 Å². The normalized spacial score (nSPS) is 31.2. The minimum atomic E-state index is -0.905. The second-order valence-corrected chi connectivity index (χ2v) is 6.26. The van der Waals surface area contributed by atoms with E-state index in [4.69, 9.17) is 18.9 Å². The van der Waals surface area contributed by atoms with Crippen molar-refractivity contribution in [1.29, 1.82) is 0 Å². The zero-order chi connectivity index (χ0) is 16.9. The quantitative estimate of drug-likeness (QED) is 0.549. The van der Waals surface area contributed by atoms with Crippen molar-refractivity contribution in [2.45, 2.75) is 64.5 Å². The molecule has 7 nitrogen and oxygen atoms in total. The fraction of sp³-hybridized carbons (Fsp3) is 0.786. The van der Waals surface area contributed by atoms with Crippen molar-refractivity contribution < 1.29 is 33.3 Å². The molecule has 126 valence electrons. The van der Waals surface area contributed by atoms with Crippen LogP contribution in [0.5, 0.6) is 0 Å². The molecule has 0 spiro atoms. The maximum absolute atomic E-state index is 11.4. The number of carbonyl (C=O) groups is 3. The number of hydrogen-bond acceptors (Lipinski definition) is 8. The average Bonchev–Trinajstić information content (AvgIpc) is 2.37. The van der Waals surface area contributed by atoms with Crippen LogP contribution in [0.2, 0.25) is 0 Å². The van der Waals surface area contributed by atoms with Gasteiger partial charge in [-0.25, -0.2) is 0 Å². The number of ether oxygens (including phenoxy) is 4. The maximum Gasteiger partial charge on any atom is 0.303 e. The van der Waals surface area contributed by atoms with Crippen molar-refractivity contribution in [2.75, 3.05) is 5.75 Å². The summed E-state index contributed by atoms with van der Waals surface area (Å²) in [5.74, 6) is -0.877. The van der Waals surface area contributed by atoms with E-state index in [-0.39, 0.29) is 0 Å². The van der Waals surface area contributed by atoms with Gasteiger partial charge in [-0.15, -0.1) is 11.8 Å². The highest BCUT2D eigenvalue weighted by atomic mass is 32.2. The van der Waals surface area contributed by atoms with Crippen LogP contribution in [0.25, 0.3) is 0 Å². The highest BCUT2D eigenvalue weighted by molar-refractivity contribution is 7.99. The number of rotatable bonds is 5. The molecule has 1 heterocycles. The first kappa shape index (κ1) is 18.8. The van der Waals surface area contributed by atoms with Crippen molar-refractivity contribution in [1.82, 2.24) is 0 Å². The van der Waals surface area contributed by atoms with Gasteiger partial charge in [0.2, 0.25) is 0 Å². The molecule has 1 aliphatic heterocycles. The lowest BCUT2D eigenvalue weighted by molar-refractivity contribution is -0.228. The highest BCUT2D eigenvalue weighted by Crippen LogP contribution is 2.33. The van der Waals surface area contributed by atoms with Crippen LogP contribution < -0.4 is 0 Å². The van der Waals surface area contributed by atoms with E-state index in [1.807, 2.05) is 6.92 Å². The van der Waals surface area contributed by atoms with Crippen molar-refractivity contribution in [2.24, 2.45) is 0 Å². The lowest BCUT2D eigenvalue weighted by Gasteiger charge is -2.43. The number of hydrogen-bond donors (Lipinski definition) is 0. The van der Waals surface area contributed by atoms with Gasteiger partial charge in [-0.05, 0) is 12.7 Å². The molecule has 8 heteroatoms. The molecule has 0 aromatic carbocycles. The molecule has 1 rings (SSSR count). The third kappa shape index (κ3) is 5.17. The summed E-state index contributed by atoms with van der Waals surface area (Å²) in [5.41, 5.74) is -0.500. The van der Waals surface area contributed by atoms with Crippen LogP contribution in [0.1, 0.15) is 34.6 Å². The molecule has 0 saturated carbocycles. The van der Waals surface area contributed by atoms with Crippen LogP contribution in [-0.4, -0.2) is 53.5 Å². The van der Waals surface area contributed by atoms with Crippen LogP contribution in [0.4, 0.5) is 0 Å². The van der Waals surface area contributed by atoms with Crippen LogP contribution in [0.3, 0.4) is 0 Å². The summed E-state index contributed by atoms with van der Waals surface area (Å²) in [4.78, 5) is 34.1. The summed E-state index contributed by atoms with van der Waals surface area (Å²) in [6.07, 6.45) is -3.08. The second kappa shape index (κ2) is 8.38. The number of carbonyl (C=O) groups excluding carboxylic acids is 3. The first-order valence-corrected chi connectivity index (χ1v) is 8.09. The summed E-state index contributed by atoms with van der Waals surface area (Å²) in [6, 6.07) is 0. The van der Waals surface area contributed by atoms with E-state index in [2.05, 4.69) is 0 Å². The van der Waals surface area contributed by atoms with Gasteiger partial charge < -0.3 is 18.9 Å². The van der Waals surface area contributed by atoms with Crippen LogP contribution in [0, 0.1) is 0 Å². The van der Waals surface area contributed by atoms with Gasteiger partial charge in [0.15, 0.2) is 18.3 Å². The fourth-order valence-corrected chi connectivity index (χ4v) is 3.25. The Kier molecular flexibility index (Phi) is 7.15. The van der Waals surface area contributed by atoms with Crippen molar-refractivity contribution in [3.63, 3.8) is 0 Å². The second-order valence-electron chi connectivity index (χ2n) is 4.89. The molecule has 0 bridgehead atoms. The zero-order valence-electron chi connectivity index (χ0n) is 13.4. The molecule has 1 aliphatic rings. The van der Waals surface area contributed by atoms with Gasteiger partial charge in [0.05, 0.1) is 6.10 Å². The summed E-state index contributed by atoms with van der Waals surface area (Å²) in [6.45, 7) is 7.42. The summed E-state index contributed by atoms with van der Waals surface area (Å²) in [7, 11) is 0. The molecule has 0 aromatic rings. The molecule has 0 N–H and O–H groups in total. The molecule has 0 aromatic heterocycles. The SMILES string of the molecule is CCS[C@H]1OC(C)[C@@H](OC(C)=O)[C@H](OC(C)=O)C1OC(C)=O. The van der Waals surface area contributed by atoms with Crippen LogP contribution in [-0.2, 0) is 33.3 Å². The maximum atomic E-state index is 11.4. The summed E-state index contributed by atoms with van der Waals surface area (Å²) in [5, 5.41) is 0. The van der Waals surface area contributed by atoms with Crippen molar-refractivity contribution in [3.05, 3.63) is 0 Å². The number of esters is 3. The van der Waals surface area contributed by atoms with E-state index >= 15 is 0 Å². The molecule has 1 fully saturated rings. The first-order valence-electron chi connectivity index (χ1n) is 7.05. The van der Waals surface area contributed by atoms with E-state index in [1.165, 1.54) is 32.5 Å². The molecule has 5 atom stereocenters. The average molecular weight is 334 g/mol. The number of thioether (sulfide) groups is 1. The Balaban J connectivity index is 3.09. The molecular formula is C14H22O7S. The van der Waals surface area contributed by atoms with E-state index < -0.39 is 47.8 Å². The largest absolute Gasteiger partial charge is 0.456 e. The lowest BCUT2D eigenvalue weighted by atomic mass is 10.00. The lowest BCUT2D eigenvalue weighted by Crippen LogP contribution is -2.59. The molecule has 1 saturated heterocycles. The Hall–Kier alpha value is -1.28. The molecule has 0 amide bonds. The molecular weight excluding hydrogens is 312 g/mol. The first-order chi connectivity index (χ1) is 10.3. The van der Waals surface area contributed by atoms with E-state index in [0.29, 0.717) is 0 Å². The smallest absolute Gasteiger partial charge is 0.303 e. The summed E-state index contributed by atoms with van der Waals surface area (Å²) < 4.78 is 21.6. The third-order valence-electron chi connectivity index (χ3n) is 2.96. The van der Waals surface area contributed by atoms with Gasteiger partial charge in [0.25, 0.3) is 0 Å². The minimum absolute atomic E-state index is 0.496. The van der Waals surface area contributed by atoms with E-state index in [0.717, 1.165) is 5.75 Å². The van der Waals surface area contributed by atoms with E-state index in [1.54, 1.807) is 6.92 Å². The topological polar surface area (TPSA) is 88.1 Å². The van der Waals surface area contributed by atoms with E-state index in [9.17, 15) is 14.4 Å². The van der Waals surface area contributed by atoms with Gasteiger partial charge in [-0.1, -0.05) is 6.92 Å². The predicted octanol–water partition coefficient (Wildman–Crippen LogP) is 1.28. The molecule has 0 aliphatic carbocycles. The Labute approximate surface area is 134 Å². The Morgan fingerprint density at radius 3 is 1.82 bits per heavy atom. The van der Waals surface area contributed by atoms with Gasteiger partial charge in [0, 0.05) is 20.8 Å². The fourth-order valence-electron chi connectivity index (χ4n) is 2.27. The summed E-state index contributed by atoms with van der Waals surface area (Å²) >= 11 is 1.43.